The first-order valence-corrected chi connectivity index (χ1v) is 7.72. The molecule has 0 aliphatic carbocycles. The molecule has 7 heteroatoms. The van der Waals surface area contributed by atoms with Crippen LogP contribution in [-0.2, 0) is 9.05 Å². The molecule has 0 amide bonds. The predicted molar refractivity (Wildman–Crippen MR) is 67.7 cm³/mol. The third kappa shape index (κ3) is 4.34. The van der Waals surface area contributed by atoms with Gasteiger partial charge in [-0.2, -0.15) is 0 Å². The van der Waals surface area contributed by atoms with Crippen LogP contribution in [0.2, 0.25) is 0 Å². The van der Waals surface area contributed by atoms with Gasteiger partial charge in [0.15, 0.2) is 11.5 Å². The minimum Gasteiger partial charge on any atom is -0.493 e. The first kappa shape index (κ1) is 15.0. The summed E-state index contributed by atoms with van der Waals surface area (Å²) in [4.78, 5) is 0. The molecule has 0 saturated carbocycles. The van der Waals surface area contributed by atoms with Crippen molar-refractivity contribution in [3.05, 3.63) is 23.8 Å². The Morgan fingerprint density at radius 2 is 2.06 bits per heavy atom. The van der Waals surface area contributed by atoms with Crippen LogP contribution in [0, 0.1) is 0 Å². The molecule has 4 nitrogen and oxygen atoms in total. The first-order chi connectivity index (χ1) is 8.37. The van der Waals surface area contributed by atoms with Crippen molar-refractivity contribution < 1.29 is 22.3 Å². The maximum absolute atomic E-state index is 13.7. The van der Waals surface area contributed by atoms with Gasteiger partial charge in [0.05, 0.1) is 13.7 Å². The quantitative estimate of drug-likeness (QED) is 0.757. The molecule has 0 aliphatic heterocycles. The predicted octanol–water partition coefficient (Wildman–Crippen LogP) is 2.67. The summed E-state index contributed by atoms with van der Waals surface area (Å²) in [6.45, 7) is 2.26. The second kappa shape index (κ2) is 6.24. The summed E-state index contributed by atoms with van der Waals surface area (Å²) in [5, 5.41) is 0. The average Bonchev–Trinajstić information content (AvgIpc) is 2.27. The van der Waals surface area contributed by atoms with E-state index in [0.717, 1.165) is 0 Å². The van der Waals surface area contributed by atoms with E-state index in [2.05, 4.69) is 0 Å². The van der Waals surface area contributed by atoms with Gasteiger partial charge in [-0.3, -0.25) is 0 Å². The third-order valence-electron chi connectivity index (χ3n) is 2.19. The number of rotatable bonds is 6. The van der Waals surface area contributed by atoms with Crippen LogP contribution in [0.15, 0.2) is 18.2 Å². The topological polar surface area (TPSA) is 52.6 Å². The van der Waals surface area contributed by atoms with E-state index >= 15 is 0 Å². The van der Waals surface area contributed by atoms with Crippen molar-refractivity contribution in [3.63, 3.8) is 0 Å². The summed E-state index contributed by atoms with van der Waals surface area (Å²) in [5.74, 6) is 0.0553. The highest BCUT2D eigenvalue weighted by Crippen LogP contribution is 2.32. The van der Waals surface area contributed by atoms with Crippen molar-refractivity contribution in [2.45, 2.75) is 13.1 Å². The van der Waals surface area contributed by atoms with E-state index in [1.165, 1.54) is 25.3 Å². The SMILES string of the molecule is CCOc1ccc(C(F)CS(=O)(=O)Cl)cc1OC. The molecule has 0 aromatic heterocycles. The lowest BCUT2D eigenvalue weighted by Crippen LogP contribution is -2.06. The van der Waals surface area contributed by atoms with Gasteiger partial charge in [-0.1, -0.05) is 6.07 Å². The lowest BCUT2D eigenvalue weighted by molar-refractivity contribution is 0.309. The van der Waals surface area contributed by atoms with Gasteiger partial charge in [0.2, 0.25) is 9.05 Å². The second-order valence-corrected chi connectivity index (χ2v) is 6.34. The van der Waals surface area contributed by atoms with Gasteiger partial charge >= 0.3 is 0 Å². The van der Waals surface area contributed by atoms with E-state index in [0.29, 0.717) is 18.1 Å². The van der Waals surface area contributed by atoms with Gasteiger partial charge in [0, 0.05) is 10.7 Å². The zero-order valence-corrected chi connectivity index (χ0v) is 11.6. The summed E-state index contributed by atoms with van der Waals surface area (Å²) < 4.78 is 45.6. The van der Waals surface area contributed by atoms with Gasteiger partial charge in [-0.05, 0) is 24.6 Å². The third-order valence-corrected chi connectivity index (χ3v) is 3.26. The maximum atomic E-state index is 13.7. The number of alkyl halides is 1. The van der Waals surface area contributed by atoms with Gasteiger partial charge in [0.25, 0.3) is 0 Å². The molecule has 0 bridgehead atoms. The van der Waals surface area contributed by atoms with Crippen LogP contribution in [-0.4, -0.2) is 27.9 Å². The van der Waals surface area contributed by atoms with Crippen molar-refractivity contribution >= 4 is 19.7 Å². The zero-order chi connectivity index (χ0) is 13.8. The van der Waals surface area contributed by atoms with Gasteiger partial charge in [0.1, 0.15) is 11.9 Å². The molecule has 0 saturated heterocycles. The minimum absolute atomic E-state index is 0.180. The molecule has 1 aromatic carbocycles. The van der Waals surface area contributed by atoms with Crippen LogP contribution in [0.25, 0.3) is 0 Å². The Hall–Kier alpha value is -1.01. The Kier molecular flexibility index (Phi) is 5.22. The minimum atomic E-state index is -3.89. The smallest absolute Gasteiger partial charge is 0.235 e. The molecule has 1 atom stereocenters. The Bertz CT molecular complexity index is 504. The first-order valence-electron chi connectivity index (χ1n) is 5.24. The summed E-state index contributed by atoms with van der Waals surface area (Å²) in [6.07, 6.45) is -1.70. The number of benzene rings is 1. The highest BCUT2D eigenvalue weighted by molar-refractivity contribution is 8.13. The molecule has 1 unspecified atom stereocenters. The molecule has 0 spiro atoms. The van der Waals surface area contributed by atoms with Gasteiger partial charge in [-0.25, -0.2) is 12.8 Å². The van der Waals surface area contributed by atoms with Crippen molar-refractivity contribution in [3.8, 4) is 11.5 Å². The van der Waals surface area contributed by atoms with Crippen LogP contribution < -0.4 is 9.47 Å². The normalized spacial score (nSPS) is 13.1. The molecular weight excluding hydrogens is 283 g/mol. The van der Waals surface area contributed by atoms with Crippen molar-refractivity contribution in [1.29, 1.82) is 0 Å². The van der Waals surface area contributed by atoms with Crippen LogP contribution in [0.5, 0.6) is 11.5 Å². The van der Waals surface area contributed by atoms with E-state index in [9.17, 15) is 12.8 Å². The van der Waals surface area contributed by atoms with E-state index in [1.807, 2.05) is 6.92 Å². The van der Waals surface area contributed by atoms with Gasteiger partial charge < -0.3 is 9.47 Å². The van der Waals surface area contributed by atoms with E-state index in [4.69, 9.17) is 20.2 Å². The van der Waals surface area contributed by atoms with Crippen molar-refractivity contribution in [1.82, 2.24) is 0 Å². The molecule has 18 heavy (non-hydrogen) atoms. The summed E-state index contributed by atoms with van der Waals surface area (Å²) >= 11 is 0. The molecule has 0 aliphatic rings. The van der Waals surface area contributed by atoms with Crippen LogP contribution in [0.4, 0.5) is 4.39 Å². The number of methoxy groups -OCH3 is 1. The standard InChI is InChI=1S/C11H14ClFO4S/c1-3-17-10-5-4-8(6-11(10)16-2)9(13)7-18(12,14)15/h4-6,9H,3,7H2,1-2H3. The number of hydrogen-bond acceptors (Lipinski definition) is 4. The Morgan fingerprint density at radius 1 is 1.39 bits per heavy atom. The van der Waals surface area contributed by atoms with Crippen molar-refractivity contribution in [2.75, 3.05) is 19.5 Å². The highest BCUT2D eigenvalue weighted by atomic mass is 35.7. The molecule has 0 N–H and O–H groups in total. The van der Waals surface area contributed by atoms with Crippen LogP contribution in [0.1, 0.15) is 18.7 Å². The number of ether oxygens (including phenoxy) is 2. The van der Waals surface area contributed by atoms with Crippen molar-refractivity contribution in [2.24, 2.45) is 0 Å². The molecule has 1 aromatic rings. The van der Waals surface area contributed by atoms with E-state index < -0.39 is 21.0 Å². The fourth-order valence-electron chi connectivity index (χ4n) is 1.42. The molecule has 102 valence electrons. The lowest BCUT2D eigenvalue weighted by Gasteiger charge is -2.12. The molecule has 1 rings (SSSR count). The summed E-state index contributed by atoms with van der Waals surface area (Å²) in [6, 6.07) is 4.38. The Morgan fingerprint density at radius 3 is 2.56 bits per heavy atom. The van der Waals surface area contributed by atoms with Gasteiger partial charge in [-0.15, -0.1) is 0 Å². The lowest BCUT2D eigenvalue weighted by atomic mass is 10.1. The molecule has 0 fully saturated rings. The summed E-state index contributed by atoms with van der Waals surface area (Å²) in [7, 11) is 2.55. The fourth-order valence-corrected chi connectivity index (χ4v) is 2.30. The molecule has 0 radical (unpaired) electrons. The highest BCUT2D eigenvalue weighted by Gasteiger charge is 2.19. The number of halogens is 2. The largest absolute Gasteiger partial charge is 0.493 e. The maximum Gasteiger partial charge on any atom is 0.235 e. The Labute approximate surface area is 110 Å². The molecule has 0 heterocycles. The van der Waals surface area contributed by atoms with E-state index in [-0.39, 0.29) is 5.56 Å². The monoisotopic (exact) mass is 296 g/mol. The number of hydrogen-bond donors (Lipinski definition) is 0. The van der Waals surface area contributed by atoms with Crippen LogP contribution in [0.3, 0.4) is 0 Å². The second-order valence-electron chi connectivity index (χ2n) is 3.52. The Balaban J connectivity index is 2.97. The van der Waals surface area contributed by atoms with E-state index in [1.54, 1.807) is 0 Å². The van der Waals surface area contributed by atoms with Crippen LogP contribution >= 0.6 is 10.7 Å². The fraction of sp³-hybridized carbons (Fsp3) is 0.455. The summed E-state index contributed by atoms with van der Waals surface area (Å²) in [5.41, 5.74) is 0.180. The molecular formula is C11H14ClFO4S. The average molecular weight is 297 g/mol. The zero-order valence-electron chi connectivity index (χ0n) is 10.0.